The van der Waals surface area contributed by atoms with Crippen molar-refractivity contribution in [2.75, 3.05) is 0 Å². The lowest BCUT2D eigenvalue weighted by molar-refractivity contribution is -0.141. The second-order valence-electron chi connectivity index (χ2n) is 5.00. The highest BCUT2D eigenvalue weighted by atomic mass is 35.5. The molecule has 2 amide bonds. The summed E-state index contributed by atoms with van der Waals surface area (Å²) in [7, 11) is 0. The quantitative estimate of drug-likeness (QED) is 0.641. The highest BCUT2D eigenvalue weighted by molar-refractivity contribution is 6.43. The van der Waals surface area contributed by atoms with Crippen LogP contribution in [0.5, 0.6) is 0 Å². The van der Waals surface area contributed by atoms with Crippen molar-refractivity contribution < 1.29 is 19.5 Å². The summed E-state index contributed by atoms with van der Waals surface area (Å²) in [6, 6.07) is 2.56. The van der Waals surface area contributed by atoms with Gasteiger partial charge in [-0.05, 0) is 32.4 Å². The largest absolute Gasteiger partial charge is 0.480 e. The Morgan fingerprint density at radius 3 is 2.50 bits per heavy atom. The van der Waals surface area contributed by atoms with E-state index in [9.17, 15) is 14.4 Å². The minimum absolute atomic E-state index is 0.0840. The second kappa shape index (κ2) is 9.30. The van der Waals surface area contributed by atoms with Gasteiger partial charge in [0.15, 0.2) is 0 Å². The van der Waals surface area contributed by atoms with E-state index in [1.807, 2.05) is 0 Å². The molecule has 2 atom stereocenters. The Morgan fingerprint density at radius 1 is 1.25 bits per heavy atom. The number of nitrogens with one attached hydrogen (secondary N) is 2. The number of amides is 2. The maximum Gasteiger partial charge on any atom is 0.326 e. The van der Waals surface area contributed by atoms with Gasteiger partial charge >= 0.3 is 5.97 Å². The Morgan fingerprint density at radius 2 is 1.92 bits per heavy atom. The topological polar surface area (TPSA) is 95.5 Å². The number of halogens is 2. The van der Waals surface area contributed by atoms with Crippen LogP contribution in [0.1, 0.15) is 30.6 Å². The summed E-state index contributed by atoms with van der Waals surface area (Å²) in [4.78, 5) is 35.4. The van der Waals surface area contributed by atoms with Gasteiger partial charge in [-0.2, -0.15) is 0 Å². The number of carbonyl (C=O) groups is 3. The normalized spacial score (nSPS) is 13.3. The van der Waals surface area contributed by atoms with Crippen LogP contribution in [0.25, 0.3) is 0 Å². The molecule has 0 bridgehead atoms. The predicted octanol–water partition coefficient (Wildman–Crippen LogP) is 2.65. The summed E-state index contributed by atoms with van der Waals surface area (Å²) in [5.41, 5.74) is 0.132. The molecule has 0 aromatic heterocycles. The van der Waals surface area contributed by atoms with E-state index in [0.717, 1.165) is 0 Å². The van der Waals surface area contributed by atoms with Crippen molar-refractivity contribution in [2.24, 2.45) is 0 Å². The molecule has 8 heteroatoms. The van der Waals surface area contributed by atoms with E-state index < -0.39 is 29.9 Å². The van der Waals surface area contributed by atoms with Crippen molar-refractivity contribution in [3.05, 3.63) is 46.0 Å². The summed E-state index contributed by atoms with van der Waals surface area (Å²) in [5, 5.41) is 14.2. The van der Waals surface area contributed by atoms with Gasteiger partial charge in [0, 0.05) is 0 Å². The van der Waals surface area contributed by atoms with E-state index in [-0.39, 0.29) is 22.0 Å². The van der Waals surface area contributed by atoms with Crippen LogP contribution in [-0.2, 0) is 9.59 Å². The average molecular weight is 373 g/mol. The van der Waals surface area contributed by atoms with Crippen LogP contribution in [0.2, 0.25) is 10.0 Å². The zero-order chi connectivity index (χ0) is 18.3. The van der Waals surface area contributed by atoms with Gasteiger partial charge in [-0.3, -0.25) is 9.59 Å². The van der Waals surface area contributed by atoms with Gasteiger partial charge in [0.1, 0.15) is 12.1 Å². The van der Waals surface area contributed by atoms with E-state index in [0.29, 0.717) is 0 Å². The number of benzene rings is 1. The Kier molecular flexibility index (Phi) is 7.74. The van der Waals surface area contributed by atoms with E-state index in [4.69, 9.17) is 28.3 Å². The van der Waals surface area contributed by atoms with Crippen molar-refractivity contribution in [3.8, 4) is 0 Å². The molecule has 1 aromatic rings. The van der Waals surface area contributed by atoms with Crippen LogP contribution in [-0.4, -0.2) is 35.0 Å². The molecular formula is C16H18Cl2N2O4. The summed E-state index contributed by atoms with van der Waals surface area (Å²) in [6.07, 6.45) is 3.47. The first-order valence-corrected chi connectivity index (χ1v) is 7.92. The first kappa shape index (κ1) is 20.0. The first-order chi connectivity index (χ1) is 11.3. The van der Waals surface area contributed by atoms with E-state index in [1.165, 1.54) is 19.1 Å². The van der Waals surface area contributed by atoms with Crippen LogP contribution in [0.3, 0.4) is 0 Å². The molecular weight excluding hydrogens is 355 g/mol. The van der Waals surface area contributed by atoms with Gasteiger partial charge in [-0.25, -0.2) is 4.79 Å². The average Bonchev–Trinajstić information content (AvgIpc) is 2.53. The molecule has 2 unspecified atom stereocenters. The molecule has 0 saturated carbocycles. The first-order valence-electron chi connectivity index (χ1n) is 7.17. The lowest BCUT2D eigenvalue weighted by Gasteiger charge is -2.18. The highest BCUT2D eigenvalue weighted by Crippen LogP contribution is 2.25. The van der Waals surface area contributed by atoms with E-state index in [1.54, 1.807) is 25.1 Å². The lowest BCUT2D eigenvalue weighted by Crippen LogP contribution is -2.50. The molecule has 1 rings (SSSR count). The lowest BCUT2D eigenvalue weighted by atomic mass is 10.1. The summed E-state index contributed by atoms with van der Waals surface area (Å²) in [6.45, 7) is 3.19. The number of allylic oxidation sites excluding steroid dienone is 1. The molecule has 0 aliphatic rings. The second-order valence-corrected chi connectivity index (χ2v) is 5.79. The van der Waals surface area contributed by atoms with E-state index in [2.05, 4.69) is 10.6 Å². The van der Waals surface area contributed by atoms with Crippen molar-refractivity contribution in [1.82, 2.24) is 10.6 Å². The fraction of sp³-hybridized carbons (Fsp3) is 0.312. The Bertz CT molecular complexity index is 661. The van der Waals surface area contributed by atoms with Gasteiger partial charge in [-0.1, -0.05) is 41.4 Å². The number of carboxylic acid groups (broad SMARTS) is 1. The molecule has 0 saturated heterocycles. The fourth-order valence-electron chi connectivity index (χ4n) is 1.81. The third kappa shape index (κ3) is 5.54. The predicted molar refractivity (Wildman–Crippen MR) is 92.4 cm³/mol. The van der Waals surface area contributed by atoms with Crippen molar-refractivity contribution in [1.29, 1.82) is 0 Å². The third-order valence-electron chi connectivity index (χ3n) is 3.16. The van der Waals surface area contributed by atoms with Gasteiger partial charge in [0.25, 0.3) is 5.91 Å². The number of carboxylic acids is 1. The molecule has 130 valence electrons. The number of rotatable bonds is 7. The van der Waals surface area contributed by atoms with Gasteiger partial charge in [0.2, 0.25) is 5.91 Å². The van der Waals surface area contributed by atoms with E-state index >= 15 is 0 Å². The molecule has 0 fully saturated rings. The summed E-state index contributed by atoms with van der Waals surface area (Å²) < 4.78 is 0. The minimum Gasteiger partial charge on any atom is -0.480 e. The van der Waals surface area contributed by atoms with Crippen LogP contribution < -0.4 is 10.6 Å². The molecule has 6 nitrogen and oxygen atoms in total. The Labute approximate surface area is 149 Å². The van der Waals surface area contributed by atoms with Crippen LogP contribution >= 0.6 is 23.2 Å². The number of hydrogen-bond acceptors (Lipinski definition) is 3. The number of carbonyl (C=O) groups excluding carboxylic acids is 2. The Balaban J connectivity index is 2.73. The molecule has 0 aliphatic carbocycles. The molecule has 0 radical (unpaired) electrons. The molecule has 1 aromatic carbocycles. The molecule has 24 heavy (non-hydrogen) atoms. The standard InChI is InChI=1S/C16H18Cl2N2O4/c1-3-4-8-12(16(23)24)20-14(21)9(2)19-15(22)10-6-5-7-11(17)13(10)18/h3-7,9,12H,8H2,1-2H3,(H,19,22)(H,20,21)(H,23,24)/b4-3+. The molecule has 0 spiro atoms. The van der Waals surface area contributed by atoms with Gasteiger partial charge in [0.05, 0.1) is 15.6 Å². The van der Waals surface area contributed by atoms with Crippen molar-refractivity contribution >= 4 is 41.0 Å². The Hall–Kier alpha value is -2.05. The summed E-state index contributed by atoms with van der Waals surface area (Å²) >= 11 is 11.8. The van der Waals surface area contributed by atoms with Crippen LogP contribution in [0.4, 0.5) is 0 Å². The zero-order valence-corrected chi connectivity index (χ0v) is 14.7. The van der Waals surface area contributed by atoms with Gasteiger partial charge < -0.3 is 15.7 Å². The van der Waals surface area contributed by atoms with Crippen molar-refractivity contribution in [3.63, 3.8) is 0 Å². The minimum atomic E-state index is -1.15. The monoisotopic (exact) mass is 372 g/mol. The number of hydrogen-bond donors (Lipinski definition) is 3. The van der Waals surface area contributed by atoms with Crippen LogP contribution in [0.15, 0.2) is 30.4 Å². The maximum atomic E-state index is 12.2. The zero-order valence-electron chi connectivity index (χ0n) is 13.2. The molecule has 0 heterocycles. The summed E-state index contributed by atoms with van der Waals surface area (Å²) in [5.74, 6) is -2.35. The smallest absolute Gasteiger partial charge is 0.326 e. The molecule has 3 N–H and O–H groups in total. The van der Waals surface area contributed by atoms with Gasteiger partial charge in [-0.15, -0.1) is 0 Å². The number of aliphatic carboxylic acids is 1. The highest BCUT2D eigenvalue weighted by Gasteiger charge is 2.24. The van der Waals surface area contributed by atoms with Crippen molar-refractivity contribution in [2.45, 2.75) is 32.4 Å². The SMILES string of the molecule is C/C=C/CC(NC(=O)C(C)NC(=O)c1cccc(Cl)c1Cl)C(=O)O. The maximum absolute atomic E-state index is 12.2. The third-order valence-corrected chi connectivity index (χ3v) is 3.98. The molecule has 0 aliphatic heterocycles. The fourth-order valence-corrected chi connectivity index (χ4v) is 2.20. The van der Waals surface area contributed by atoms with Crippen LogP contribution in [0, 0.1) is 0 Å².